The van der Waals surface area contributed by atoms with Gasteiger partial charge in [0.1, 0.15) is 11.9 Å². The van der Waals surface area contributed by atoms with E-state index in [0.717, 1.165) is 17.7 Å². The molecule has 0 saturated heterocycles. The van der Waals surface area contributed by atoms with Crippen molar-refractivity contribution in [3.8, 4) is 5.75 Å². The molecule has 1 aromatic carbocycles. The first-order valence-electron chi connectivity index (χ1n) is 5.35. The minimum absolute atomic E-state index is 0.246. The zero-order valence-electron chi connectivity index (χ0n) is 9.19. The molecule has 1 aliphatic rings. The number of ether oxygens (including phenoxy) is 1. The minimum atomic E-state index is -0.981. The van der Waals surface area contributed by atoms with E-state index in [4.69, 9.17) is 4.74 Å². The fourth-order valence-corrected chi connectivity index (χ4v) is 1.82. The zero-order valence-corrected chi connectivity index (χ0v) is 9.19. The van der Waals surface area contributed by atoms with E-state index in [1.54, 1.807) is 19.2 Å². The summed E-state index contributed by atoms with van der Waals surface area (Å²) in [5, 5.41) is 12.4. The van der Waals surface area contributed by atoms with Gasteiger partial charge in [-0.05, 0) is 30.8 Å². The van der Waals surface area contributed by atoms with Crippen molar-refractivity contribution in [1.29, 1.82) is 0 Å². The lowest BCUT2D eigenvalue weighted by Crippen LogP contribution is -2.31. The number of carbonyl (C=O) groups is 1. The second-order valence-corrected chi connectivity index (χ2v) is 3.86. The lowest BCUT2D eigenvalue weighted by molar-refractivity contribution is 0.0750. The largest absolute Gasteiger partial charge is 0.493 e. The van der Waals surface area contributed by atoms with Crippen molar-refractivity contribution in [1.82, 2.24) is 5.32 Å². The standard InChI is InChI=1S/C12H15NO3/c1-13-7-10(14)12(15)9-2-3-11-8(6-9)4-5-16-11/h2-3,6,10,13-14H,4-5,7H2,1H3. The summed E-state index contributed by atoms with van der Waals surface area (Å²) >= 11 is 0. The molecule has 0 aromatic heterocycles. The molecule has 86 valence electrons. The van der Waals surface area contributed by atoms with Crippen LogP contribution >= 0.6 is 0 Å². The highest BCUT2D eigenvalue weighted by atomic mass is 16.5. The zero-order chi connectivity index (χ0) is 11.5. The maximum Gasteiger partial charge on any atom is 0.192 e. The van der Waals surface area contributed by atoms with Gasteiger partial charge in [-0.3, -0.25) is 4.79 Å². The van der Waals surface area contributed by atoms with Crippen LogP contribution in [0.2, 0.25) is 0 Å². The number of nitrogens with one attached hydrogen (secondary N) is 1. The number of likely N-dealkylation sites (N-methyl/N-ethyl adjacent to an activating group) is 1. The van der Waals surface area contributed by atoms with Gasteiger partial charge in [-0.15, -0.1) is 0 Å². The third kappa shape index (κ3) is 2.08. The molecule has 4 nitrogen and oxygen atoms in total. The molecule has 16 heavy (non-hydrogen) atoms. The van der Waals surface area contributed by atoms with Crippen molar-refractivity contribution >= 4 is 5.78 Å². The maximum absolute atomic E-state index is 11.8. The van der Waals surface area contributed by atoms with E-state index in [2.05, 4.69) is 5.32 Å². The number of rotatable bonds is 4. The van der Waals surface area contributed by atoms with Crippen molar-refractivity contribution in [2.45, 2.75) is 12.5 Å². The second kappa shape index (κ2) is 4.63. The van der Waals surface area contributed by atoms with Gasteiger partial charge in [0, 0.05) is 18.5 Å². The number of aliphatic hydroxyl groups is 1. The Morgan fingerprint density at radius 3 is 3.19 bits per heavy atom. The summed E-state index contributed by atoms with van der Waals surface area (Å²) in [5.74, 6) is 0.601. The third-order valence-corrected chi connectivity index (χ3v) is 2.67. The highest BCUT2D eigenvalue weighted by Gasteiger charge is 2.19. The lowest BCUT2D eigenvalue weighted by atomic mass is 10.0. The number of fused-ring (bicyclic) bond motifs is 1. The SMILES string of the molecule is CNCC(O)C(=O)c1ccc2c(c1)CCO2. The minimum Gasteiger partial charge on any atom is -0.493 e. The van der Waals surface area contributed by atoms with Crippen LogP contribution in [0.15, 0.2) is 18.2 Å². The van der Waals surface area contributed by atoms with Crippen LogP contribution in [0.1, 0.15) is 15.9 Å². The first-order chi connectivity index (χ1) is 7.72. The van der Waals surface area contributed by atoms with Crippen molar-refractivity contribution in [3.63, 3.8) is 0 Å². The Morgan fingerprint density at radius 2 is 2.44 bits per heavy atom. The van der Waals surface area contributed by atoms with E-state index in [-0.39, 0.29) is 12.3 Å². The predicted octanol–water partition coefficient (Wildman–Crippen LogP) is 0.384. The van der Waals surface area contributed by atoms with Crippen LogP contribution in [0.25, 0.3) is 0 Å². The van der Waals surface area contributed by atoms with Crippen molar-refractivity contribution in [2.24, 2.45) is 0 Å². The Balaban J connectivity index is 2.18. The quantitative estimate of drug-likeness (QED) is 0.722. The molecule has 4 heteroatoms. The molecule has 0 amide bonds. The summed E-state index contributed by atoms with van der Waals surface area (Å²) in [5.41, 5.74) is 1.59. The molecule has 0 bridgehead atoms. The van der Waals surface area contributed by atoms with Gasteiger partial charge in [0.25, 0.3) is 0 Å². The average molecular weight is 221 g/mol. The Kier molecular flexibility index (Phi) is 3.22. The van der Waals surface area contributed by atoms with Crippen molar-refractivity contribution in [3.05, 3.63) is 29.3 Å². The van der Waals surface area contributed by atoms with E-state index in [1.807, 2.05) is 6.07 Å². The van der Waals surface area contributed by atoms with E-state index in [9.17, 15) is 9.90 Å². The molecule has 1 atom stereocenters. The number of carbonyl (C=O) groups excluding carboxylic acids is 1. The summed E-state index contributed by atoms with van der Waals surface area (Å²) in [6.45, 7) is 0.943. The van der Waals surface area contributed by atoms with Crippen LogP contribution < -0.4 is 10.1 Å². The molecule has 1 unspecified atom stereocenters. The molecule has 2 N–H and O–H groups in total. The molecule has 0 saturated carbocycles. The van der Waals surface area contributed by atoms with Crippen molar-refractivity contribution < 1.29 is 14.6 Å². The molecule has 1 aliphatic heterocycles. The molecule has 0 fully saturated rings. The fourth-order valence-electron chi connectivity index (χ4n) is 1.82. The van der Waals surface area contributed by atoms with Gasteiger partial charge in [0.05, 0.1) is 6.61 Å². The normalized spacial score (nSPS) is 15.4. The highest BCUT2D eigenvalue weighted by Crippen LogP contribution is 2.26. The number of hydrogen-bond acceptors (Lipinski definition) is 4. The summed E-state index contributed by atoms with van der Waals surface area (Å²) in [7, 11) is 1.70. The van der Waals surface area contributed by atoms with Gasteiger partial charge in [-0.2, -0.15) is 0 Å². The Bertz CT molecular complexity index is 403. The molecule has 2 rings (SSSR count). The van der Waals surface area contributed by atoms with Crippen LogP contribution in [0.4, 0.5) is 0 Å². The number of ketones is 1. The predicted molar refractivity (Wildman–Crippen MR) is 59.9 cm³/mol. The number of Topliss-reactive ketones (excluding diaryl/α,β-unsaturated/α-hetero) is 1. The van der Waals surface area contributed by atoms with Gasteiger partial charge in [-0.25, -0.2) is 0 Å². The fraction of sp³-hybridized carbons (Fsp3) is 0.417. The van der Waals surface area contributed by atoms with Crippen LogP contribution in [0, 0.1) is 0 Å². The van der Waals surface area contributed by atoms with Gasteiger partial charge in [0.15, 0.2) is 5.78 Å². The van der Waals surface area contributed by atoms with Crippen LogP contribution in [0.5, 0.6) is 5.75 Å². The molecule has 0 aliphatic carbocycles. The number of benzene rings is 1. The highest BCUT2D eigenvalue weighted by molar-refractivity contribution is 5.99. The Hall–Kier alpha value is -1.39. The van der Waals surface area contributed by atoms with E-state index >= 15 is 0 Å². The average Bonchev–Trinajstić information content (AvgIpc) is 2.75. The van der Waals surface area contributed by atoms with E-state index in [1.165, 1.54) is 0 Å². The Labute approximate surface area is 94.2 Å². The van der Waals surface area contributed by atoms with Gasteiger partial charge >= 0.3 is 0 Å². The monoisotopic (exact) mass is 221 g/mol. The summed E-state index contributed by atoms with van der Waals surface area (Å²) in [6, 6.07) is 5.30. The summed E-state index contributed by atoms with van der Waals surface area (Å²) < 4.78 is 5.36. The van der Waals surface area contributed by atoms with E-state index < -0.39 is 6.10 Å². The molecular weight excluding hydrogens is 206 g/mol. The topological polar surface area (TPSA) is 58.6 Å². The smallest absolute Gasteiger partial charge is 0.192 e. The second-order valence-electron chi connectivity index (χ2n) is 3.86. The number of aliphatic hydroxyl groups excluding tert-OH is 1. The molecule has 0 radical (unpaired) electrons. The maximum atomic E-state index is 11.8. The lowest BCUT2D eigenvalue weighted by Gasteiger charge is -2.09. The van der Waals surface area contributed by atoms with Gasteiger partial charge in [-0.1, -0.05) is 0 Å². The Morgan fingerprint density at radius 1 is 1.62 bits per heavy atom. The molecule has 1 heterocycles. The summed E-state index contributed by atoms with van der Waals surface area (Å²) in [6.07, 6.45) is -0.149. The van der Waals surface area contributed by atoms with Crippen LogP contribution in [0.3, 0.4) is 0 Å². The van der Waals surface area contributed by atoms with Gasteiger partial charge in [0.2, 0.25) is 0 Å². The van der Waals surface area contributed by atoms with Crippen LogP contribution in [-0.4, -0.2) is 37.2 Å². The van der Waals surface area contributed by atoms with Crippen molar-refractivity contribution in [2.75, 3.05) is 20.2 Å². The molecule has 0 spiro atoms. The molecular formula is C12H15NO3. The van der Waals surface area contributed by atoms with E-state index in [0.29, 0.717) is 12.2 Å². The first kappa shape index (κ1) is 11.1. The third-order valence-electron chi connectivity index (χ3n) is 2.67. The first-order valence-corrected chi connectivity index (χ1v) is 5.35. The number of hydrogen-bond donors (Lipinski definition) is 2. The van der Waals surface area contributed by atoms with Crippen LogP contribution in [-0.2, 0) is 6.42 Å². The summed E-state index contributed by atoms with van der Waals surface area (Å²) in [4.78, 5) is 11.8. The van der Waals surface area contributed by atoms with Gasteiger partial charge < -0.3 is 15.2 Å². The molecule has 1 aromatic rings.